The van der Waals surface area contributed by atoms with Crippen LogP contribution in [0.15, 0.2) is 41.7 Å². The fourth-order valence-corrected chi connectivity index (χ4v) is 3.72. The van der Waals surface area contributed by atoms with Crippen molar-refractivity contribution in [3.63, 3.8) is 0 Å². The number of piperidine rings is 1. The number of hydrogen-bond donors (Lipinski definition) is 2. The highest BCUT2D eigenvalue weighted by atomic mass is 19.1. The second-order valence-corrected chi connectivity index (χ2v) is 7.99. The van der Waals surface area contributed by atoms with Gasteiger partial charge in [0, 0.05) is 50.3 Å². The maximum absolute atomic E-state index is 13.6. The molecular weight excluding hydrogens is 367 g/mol. The molecule has 7 heteroatoms. The molecule has 3 rings (SSSR count). The lowest BCUT2D eigenvalue weighted by molar-refractivity contribution is 0.467. The molecular formula is C22H33FN6. The Hall–Kier alpha value is -2.57. The van der Waals surface area contributed by atoms with Crippen molar-refractivity contribution in [1.82, 2.24) is 20.2 Å². The first-order valence-corrected chi connectivity index (χ1v) is 10.6. The van der Waals surface area contributed by atoms with Gasteiger partial charge in [0.1, 0.15) is 18.2 Å². The van der Waals surface area contributed by atoms with Gasteiger partial charge >= 0.3 is 0 Å². The van der Waals surface area contributed by atoms with Crippen LogP contribution in [0.4, 0.5) is 10.1 Å². The molecule has 1 aromatic heterocycles. The molecule has 0 radical (unpaired) electrons. The van der Waals surface area contributed by atoms with Crippen molar-refractivity contribution in [3.8, 4) is 0 Å². The van der Waals surface area contributed by atoms with Crippen LogP contribution < -0.4 is 15.5 Å². The average Bonchev–Trinajstić information content (AvgIpc) is 3.13. The second-order valence-electron chi connectivity index (χ2n) is 7.99. The molecule has 0 bridgehead atoms. The maximum atomic E-state index is 13.6. The SMILES string of the molecule is CCNC(=NCc1nccn1CC(C)C)NC1CCCN(c2cccc(F)c2)C1. The fourth-order valence-electron chi connectivity index (χ4n) is 3.72. The van der Waals surface area contributed by atoms with Crippen LogP contribution in [0.5, 0.6) is 0 Å². The quantitative estimate of drug-likeness (QED) is 0.552. The second kappa shape index (κ2) is 10.3. The molecule has 29 heavy (non-hydrogen) atoms. The molecule has 0 saturated carbocycles. The van der Waals surface area contributed by atoms with Gasteiger partial charge < -0.3 is 20.1 Å². The largest absolute Gasteiger partial charge is 0.369 e. The van der Waals surface area contributed by atoms with Crippen molar-refractivity contribution in [1.29, 1.82) is 0 Å². The number of aromatic nitrogens is 2. The summed E-state index contributed by atoms with van der Waals surface area (Å²) in [5.74, 6) is 2.15. The van der Waals surface area contributed by atoms with E-state index >= 15 is 0 Å². The van der Waals surface area contributed by atoms with Gasteiger partial charge in [0.2, 0.25) is 0 Å². The lowest BCUT2D eigenvalue weighted by Gasteiger charge is -2.35. The van der Waals surface area contributed by atoms with E-state index in [-0.39, 0.29) is 11.9 Å². The van der Waals surface area contributed by atoms with Crippen molar-refractivity contribution in [2.45, 2.75) is 52.7 Å². The number of halogens is 1. The fraction of sp³-hybridized carbons (Fsp3) is 0.545. The number of nitrogens with zero attached hydrogens (tertiary/aromatic N) is 4. The third-order valence-electron chi connectivity index (χ3n) is 5.02. The normalized spacial score (nSPS) is 17.6. The van der Waals surface area contributed by atoms with Gasteiger partial charge in [0.25, 0.3) is 0 Å². The highest BCUT2D eigenvalue weighted by Crippen LogP contribution is 2.20. The summed E-state index contributed by atoms with van der Waals surface area (Å²) in [7, 11) is 0. The molecule has 2 aromatic rings. The molecule has 0 aliphatic carbocycles. The first kappa shape index (κ1) is 21.1. The number of aliphatic imine (C=N–C) groups is 1. The van der Waals surface area contributed by atoms with Crippen molar-refractivity contribution in [3.05, 3.63) is 48.3 Å². The lowest BCUT2D eigenvalue weighted by atomic mass is 10.0. The molecule has 1 aliphatic rings. The Labute approximate surface area is 173 Å². The maximum Gasteiger partial charge on any atom is 0.191 e. The molecule has 2 heterocycles. The number of guanidine groups is 1. The van der Waals surface area contributed by atoms with Crippen LogP contribution >= 0.6 is 0 Å². The Morgan fingerprint density at radius 1 is 1.38 bits per heavy atom. The van der Waals surface area contributed by atoms with E-state index in [0.717, 1.165) is 56.5 Å². The molecule has 2 N–H and O–H groups in total. The Kier molecular flexibility index (Phi) is 7.49. The lowest BCUT2D eigenvalue weighted by Crippen LogP contribution is -2.51. The number of imidazole rings is 1. The van der Waals surface area contributed by atoms with E-state index in [0.29, 0.717) is 12.5 Å². The predicted molar refractivity (Wildman–Crippen MR) is 117 cm³/mol. The predicted octanol–water partition coefficient (Wildman–Crippen LogP) is 3.40. The standard InChI is InChI=1S/C22H33FN6/c1-4-24-22(26-14-21-25-10-12-29(21)15-17(2)3)27-19-8-6-11-28(16-19)20-9-5-7-18(23)13-20/h5,7,9-10,12-13,17,19H,4,6,8,11,14-16H2,1-3H3,(H2,24,26,27). The van der Waals surface area contributed by atoms with Gasteiger partial charge in [-0.05, 0) is 43.9 Å². The third-order valence-corrected chi connectivity index (χ3v) is 5.02. The summed E-state index contributed by atoms with van der Waals surface area (Å²) in [6.45, 7) is 10.5. The Bertz CT molecular complexity index is 800. The van der Waals surface area contributed by atoms with Crippen molar-refractivity contribution >= 4 is 11.6 Å². The van der Waals surface area contributed by atoms with E-state index in [9.17, 15) is 4.39 Å². The summed E-state index contributed by atoms with van der Waals surface area (Å²) in [5.41, 5.74) is 0.939. The summed E-state index contributed by atoms with van der Waals surface area (Å²) >= 11 is 0. The molecule has 0 spiro atoms. The summed E-state index contributed by atoms with van der Waals surface area (Å²) in [6.07, 6.45) is 5.99. The van der Waals surface area contributed by atoms with Gasteiger partial charge in [0.05, 0.1) is 0 Å². The van der Waals surface area contributed by atoms with Crippen LogP contribution in [-0.2, 0) is 13.1 Å². The van der Waals surface area contributed by atoms with E-state index in [2.05, 4.69) is 45.9 Å². The van der Waals surface area contributed by atoms with E-state index in [1.54, 1.807) is 12.1 Å². The topological polar surface area (TPSA) is 57.5 Å². The summed E-state index contributed by atoms with van der Waals surface area (Å²) in [6, 6.07) is 7.10. The molecule has 1 saturated heterocycles. The smallest absolute Gasteiger partial charge is 0.191 e. The van der Waals surface area contributed by atoms with Crippen LogP contribution in [0.3, 0.4) is 0 Å². The zero-order chi connectivity index (χ0) is 20.6. The molecule has 158 valence electrons. The minimum atomic E-state index is -0.190. The number of benzene rings is 1. The van der Waals surface area contributed by atoms with Crippen molar-refractivity contribution < 1.29 is 4.39 Å². The summed E-state index contributed by atoms with van der Waals surface area (Å²) in [5, 5.41) is 6.90. The van der Waals surface area contributed by atoms with Gasteiger partial charge in [-0.15, -0.1) is 0 Å². The first-order valence-electron chi connectivity index (χ1n) is 10.6. The molecule has 0 amide bonds. The number of nitrogens with one attached hydrogen (secondary N) is 2. The van der Waals surface area contributed by atoms with E-state index in [4.69, 9.17) is 4.99 Å². The van der Waals surface area contributed by atoms with Gasteiger partial charge in [-0.3, -0.25) is 0 Å². The van der Waals surface area contributed by atoms with Gasteiger partial charge in [-0.2, -0.15) is 0 Å². The van der Waals surface area contributed by atoms with E-state index < -0.39 is 0 Å². The van der Waals surface area contributed by atoms with Crippen LogP contribution in [0.2, 0.25) is 0 Å². The number of hydrogen-bond acceptors (Lipinski definition) is 3. The minimum Gasteiger partial charge on any atom is -0.369 e. The monoisotopic (exact) mass is 400 g/mol. The van der Waals surface area contributed by atoms with Crippen LogP contribution in [0.1, 0.15) is 39.4 Å². The van der Waals surface area contributed by atoms with Gasteiger partial charge in [-0.1, -0.05) is 19.9 Å². The van der Waals surface area contributed by atoms with Gasteiger partial charge in [-0.25, -0.2) is 14.4 Å². The Morgan fingerprint density at radius 2 is 2.24 bits per heavy atom. The molecule has 1 atom stereocenters. The average molecular weight is 401 g/mol. The number of anilines is 1. The molecule has 1 aliphatic heterocycles. The van der Waals surface area contributed by atoms with Crippen LogP contribution in [0, 0.1) is 11.7 Å². The Balaban J connectivity index is 1.63. The Morgan fingerprint density at radius 3 is 3.00 bits per heavy atom. The zero-order valence-electron chi connectivity index (χ0n) is 17.7. The van der Waals surface area contributed by atoms with E-state index in [1.807, 2.05) is 18.5 Å². The third kappa shape index (κ3) is 6.21. The molecule has 1 unspecified atom stereocenters. The zero-order valence-corrected chi connectivity index (χ0v) is 17.7. The molecule has 1 fully saturated rings. The van der Waals surface area contributed by atoms with Gasteiger partial charge in [0.15, 0.2) is 5.96 Å². The molecule has 6 nitrogen and oxygen atoms in total. The van der Waals surface area contributed by atoms with Crippen molar-refractivity contribution in [2.24, 2.45) is 10.9 Å². The summed E-state index contributed by atoms with van der Waals surface area (Å²) in [4.78, 5) is 11.5. The highest BCUT2D eigenvalue weighted by molar-refractivity contribution is 5.80. The first-order chi connectivity index (χ1) is 14.0. The van der Waals surface area contributed by atoms with Crippen molar-refractivity contribution in [2.75, 3.05) is 24.5 Å². The van der Waals surface area contributed by atoms with Crippen LogP contribution in [-0.4, -0.2) is 41.2 Å². The molecule has 1 aromatic carbocycles. The summed E-state index contributed by atoms with van der Waals surface area (Å²) < 4.78 is 15.8. The highest BCUT2D eigenvalue weighted by Gasteiger charge is 2.21. The number of rotatable bonds is 7. The van der Waals surface area contributed by atoms with Crippen LogP contribution in [0.25, 0.3) is 0 Å². The minimum absolute atomic E-state index is 0.190. The van der Waals surface area contributed by atoms with E-state index in [1.165, 1.54) is 6.07 Å².